The molecule has 8 rings (SSSR count). The Morgan fingerprint density at radius 1 is 0.527 bits per heavy atom. The van der Waals surface area contributed by atoms with Crippen LogP contribution in [0.4, 0.5) is 28.4 Å². The molecule has 0 atom stereocenters. The quantitative estimate of drug-likeness (QED) is 0.155. The summed E-state index contributed by atoms with van der Waals surface area (Å²) < 4.78 is 0. The second-order valence-corrected chi connectivity index (χ2v) is 16.7. The van der Waals surface area contributed by atoms with E-state index in [1.165, 1.54) is 112 Å². The molecule has 0 heterocycles. The second kappa shape index (κ2) is 14.2. The van der Waals surface area contributed by atoms with Gasteiger partial charge in [0, 0.05) is 40.3 Å². The third-order valence-electron chi connectivity index (χ3n) is 11.6. The lowest BCUT2D eigenvalue weighted by Crippen LogP contribution is -2.19. The van der Waals surface area contributed by atoms with Crippen LogP contribution >= 0.6 is 0 Å². The minimum atomic E-state index is 0.321. The van der Waals surface area contributed by atoms with Gasteiger partial charge >= 0.3 is 0 Å². The molecule has 0 saturated carbocycles. The number of rotatable bonds is 8. The van der Waals surface area contributed by atoms with Gasteiger partial charge in [0.15, 0.2) is 0 Å². The molecule has 0 fully saturated rings. The molecule has 2 aliphatic rings. The Hall–Kier alpha value is -5.60. The van der Waals surface area contributed by atoms with Crippen LogP contribution in [0.3, 0.4) is 0 Å². The van der Waals surface area contributed by atoms with E-state index in [1.807, 2.05) is 0 Å². The fourth-order valence-electron chi connectivity index (χ4n) is 9.13. The van der Waals surface area contributed by atoms with E-state index in [0.29, 0.717) is 11.8 Å². The summed E-state index contributed by atoms with van der Waals surface area (Å²) in [5.74, 6) is 0.644. The van der Waals surface area contributed by atoms with Crippen LogP contribution in [0.25, 0.3) is 22.4 Å². The monoisotopic (exact) mass is 718 g/mol. The van der Waals surface area contributed by atoms with Gasteiger partial charge in [0.25, 0.3) is 0 Å². The molecule has 2 nitrogen and oxygen atoms in total. The lowest BCUT2D eigenvalue weighted by atomic mass is 9.83. The number of fused-ring (bicyclic) bond motifs is 1. The third-order valence-corrected chi connectivity index (χ3v) is 11.6. The van der Waals surface area contributed by atoms with E-state index >= 15 is 0 Å². The first kappa shape index (κ1) is 36.4. The van der Waals surface area contributed by atoms with Crippen molar-refractivity contribution in [1.82, 2.24) is 0 Å². The molecule has 6 aromatic carbocycles. The summed E-state index contributed by atoms with van der Waals surface area (Å²) in [7, 11) is 0. The lowest BCUT2D eigenvalue weighted by Gasteiger charge is -2.31. The van der Waals surface area contributed by atoms with Crippen LogP contribution in [0.15, 0.2) is 127 Å². The van der Waals surface area contributed by atoms with Crippen LogP contribution in [-0.2, 0) is 6.42 Å². The van der Waals surface area contributed by atoms with E-state index in [1.54, 1.807) is 0 Å². The van der Waals surface area contributed by atoms with Crippen LogP contribution in [0.2, 0.25) is 0 Å². The Morgan fingerprint density at radius 2 is 1.07 bits per heavy atom. The van der Waals surface area contributed by atoms with Gasteiger partial charge in [-0.2, -0.15) is 0 Å². The first-order chi connectivity index (χ1) is 26.4. The van der Waals surface area contributed by atoms with Crippen LogP contribution in [-0.4, -0.2) is 0 Å². The Balaban J connectivity index is 1.47. The van der Waals surface area contributed by atoms with Crippen molar-refractivity contribution in [1.29, 1.82) is 0 Å². The predicted molar refractivity (Wildman–Crippen MR) is 239 cm³/mol. The van der Waals surface area contributed by atoms with E-state index in [4.69, 9.17) is 0 Å². The van der Waals surface area contributed by atoms with Crippen molar-refractivity contribution in [3.8, 4) is 0 Å². The molecule has 0 aromatic heterocycles. The van der Waals surface area contributed by atoms with E-state index in [9.17, 15) is 0 Å². The SMILES string of the molecule is Cc1cc(C)cc(N(C2=C3C=Cc4c(C(C)C)cc(N(c5cc(C)cc(C)c5)c5ccccc5C)c5ccc(c(c45)C3)C(C(C)C)=C2)c2ccccc2C)c1. The largest absolute Gasteiger partial charge is 0.310 e. The Bertz CT molecular complexity index is 2550. The van der Waals surface area contributed by atoms with E-state index < -0.39 is 0 Å². The molecule has 0 N–H and O–H groups in total. The molecule has 0 amide bonds. The van der Waals surface area contributed by atoms with Crippen molar-refractivity contribution in [2.75, 3.05) is 9.80 Å². The number of anilines is 5. The summed E-state index contributed by atoms with van der Waals surface area (Å²) in [6.45, 7) is 22.7. The first-order valence-electron chi connectivity index (χ1n) is 20.0. The molecule has 2 aliphatic carbocycles. The molecule has 276 valence electrons. The summed E-state index contributed by atoms with van der Waals surface area (Å²) in [6.07, 6.45) is 8.24. The molecule has 0 aliphatic heterocycles. The van der Waals surface area contributed by atoms with Crippen LogP contribution in [0, 0.1) is 47.5 Å². The van der Waals surface area contributed by atoms with E-state index in [2.05, 4.69) is 200 Å². The highest BCUT2D eigenvalue weighted by atomic mass is 15.2. The van der Waals surface area contributed by atoms with Crippen molar-refractivity contribution in [3.05, 3.63) is 182 Å². The molecule has 2 heteroatoms. The maximum absolute atomic E-state index is 2.53. The number of para-hydroxylation sites is 2. The molecular weight excluding hydrogens is 665 g/mol. The van der Waals surface area contributed by atoms with Gasteiger partial charge in [-0.05, 0) is 174 Å². The predicted octanol–water partition coefficient (Wildman–Crippen LogP) is 15.0. The highest BCUT2D eigenvalue weighted by Gasteiger charge is 2.30. The van der Waals surface area contributed by atoms with Crippen LogP contribution in [0.5, 0.6) is 0 Å². The molecule has 0 saturated heterocycles. The minimum Gasteiger partial charge on any atom is -0.310 e. The van der Waals surface area contributed by atoms with Gasteiger partial charge in [0.2, 0.25) is 0 Å². The van der Waals surface area contributed by atoms with E-state index in [0.717, 1.165) is 6.42 Å². The third kappa shape index (κ3) is 6.52. The zero-order valence-corrected chi connectivity index (χ0v) is 34.3. The average molecular weight is 719 g/mol. The normalized spacial score (nSPS) is 13.5. The molecule has 6 aromatic rings. The Kier molecular flexibility index (Phi) is 9.42. The average Bonchev–Trinajstić information content (AvgIpc) is 3.42. The number of aryl methyl sites for hydroxylation is 6. The molecular formula is C53H54N2. The zero-order chi connectivity index (χ0) is 38.7. The van der Waals surface area contributed by atoms with Crippen LogP contribution < -0.4 is 9.80 Å². The highest BCUT2D eigenvalue weighted by molar-refractivity contribution is 6.08. The fourth-order valence-corrected chi connectivity index (χ4v) is 9.13. The van der Waals surface area contributed by atoms with Gasteiger partial charge in [0.1, 0.15) is 0 Å². The van der Waals surface area contributed by atoms with Crippen LogP contribution in [0.1, 0.15) is 89.2 Å². The number of hydrogen-bond donors (Lipinski definition) is 0. The molecule has 0 unspecified atom stereocenters. The summed E-state index contributed by atoms with van der Waals surface area (Å²) in [4.78, 5) is 5.06. The van der Waals surface area contributed by atoms with Crippen molar-refractivity contribution in [2.45, 2.75) is 81.6 Å². The first-order valence-corrected chi connectivity index (χ1v) is 20.0. The Labute approximate surface area is 329 Å². The summed E-state index contributed by atoms with van der Waals surface area (Å²) >= 11 is 0. The summed E-state index contributed by atoms with van der Waals surface area (Å²) in [6, 6.07) is 39.0. The van der Waals surface area contributed by atoms with Gasteiger partial charge in [-0.25, -0.2) is 0 Å². The van der Waals surface area contributed by atoms with Gasteiger partial charge in [0.05, 0.1) is 5.69 Å². The maximum atomic E-state index is 2.53. The fraction of sp³-hybridized carbons (Fsp3) is 0.245. The smallest absolute Gasteiger partial charge is 0.0543 e. The topological polar surface area (TPSA) is 6.48 Å². The molecule has 0 spiro atoms. The maximum Gasteiger partial charge on any atom is 0.0543 e. The van der Waals surface area contributed by atoms with Crippen molar-refractivity contribution >= 4 is 50.9 Å². The second-order valence-electron chi connectivity index (χ2n) is 16.7. The van der Waals surface area contributed by atoms with Gasteiger partial charge < -0.3 is 9.80 Å². The molecule has 2 bridgehead atoms. The standard InChI is InChI=1S/C53H54N2/c1-32(2)46-30-51(54(49-17-13-11-15-38(49)9)41-25-34(5)23-35(6)26-41)40-19-20-44-47(33(3)4)31-52(45-22-21-43(46)48(29-40)53(44)45)55(50-18-14-12-16-39(50)10)42-27-36(7)24-37(8)28-42/h11-28,30-33H,29H2,1-10H3. The minimum absolute atomic E-state index is 0.321. The molecule has 0 radical (unpaired) electrons. The highest BCUT2D eigenvalue weighted by Crippen LogP contribution is 2.50. The summed E-state index contributed by atoms with van der Waals surface area (Å²) in [5, 5.41) is 2.68. The van der Waals surface area contributed by atoms with Gasteiger partial charge in [-0.15, -0.1) is 0 Å². The van der Waals surface area contributed by atoms with Gasteiger partial charge in [-0.1, -0.05) is 101 Å². The number of nitrogens with zero attached hydrogens (tertiary/aromatic N) is 2. The van der Waals surface area contributed by atoms with Crippen molar-refractivity contribution in [3.63, 3.8) is 0 Å². The van der Waals surface area contributed by atoms with E-state index in [-0.39, 0.29) is 0 Å². The van der Waals surface area contributed by atoms with Crippen molar-refractivity contribution in [2.24, 2.45) is 5.92 Å². The summed E-state index contributed by atoms with van der Waals surface area (Å²) in [5.41, 5.74) is 23.2. The lowest BCUT2D eigenvalue weighted by molar-refractivity contribution is 0.853. The van der Waals surface area contributed by atoms with Gasteiger partial charge in [-0.3, -0.25) is 0 Å². The zero-order valence-electron chi connectivity index (χ0n) is 34.3. The molecule has 55 heavy (non-hydrogen) atoms. The number of allylic oxidation sites excluding steroid dienone is 4. The number of hydrogen-bond acceptors (Lipinski definition) is 2. The number of benzene rings is 6. The van der Waals surface area contributed by atoms with Crippen molar-refractivity contribution < 1.29 is 0 Å². The Morgan fingerprint density at radius 3 is 1.62 bits per heavy atom.